The Bertz CT molecular complexity index is 1200. The molecule has 1 aliphatic rings. The van der Waals surface area contributed by atoms with Crippen LogP contribution < -0.4 is 10.4 Å². The molecule has 1 aromatic heterocycles. The summed E-state index contributed by atoms with van der Waals surface area (Å²) in [5.74, 6) is 4.67. The lowest BCUT2D eigenvalue weighted by molar-refractivity contribution is 0.371. The quantitative estimate of drug-likeness (QED) is 0.517. The van der Waals surface area contributed by atoms with Gasteiger partial charge in [-0.2, -0.15) is 4.98 Å². The van der Waals surface area contributed by atoms with Crippen molar-refractivity contribution in [2.45, 2.75) is 32.7 Å². The number of ether oxygens (including phenoxy) is 1. The minimum absolute atomic E-state index is 0.195. The van der Waals surface area contributed by atoms with E-state index in [1.165, 1.54) is 10.5 Å². The topological polar surface area (TPSA) is 44.1 Å². The predicted octanol–water partition coefficient (Wildman–Crippen LogP) is 5.22. The minimum atomic E-state index is -0.240. The molecular weight excluding hydrogens is 392 g/mol. The second-order valence-electron chi connectivity index (χ2n) is 7.59. The van der Waals surface area contributed by atoms with Crippen LogP contribution in [-0.4, -0.2) is 21.9 Å². The highest BCUT2D eigenvalue weighted by Crippen LogP contribution is 2.31. The van der Waals surface area contributed by atoms with Gasteiger partial charge in [0.2, 0.25) is 0 Å². The molecule has 0 N–H and O–H groups in total. The molecule has 3 aromatic rings. The highest BCUT2D eigenvalue weighted by molar-refractivity contribution is 8.03. The monoisotopic (exact) mass is 416 g/mol. The van der Waals surface area contributed by atoms with Gasteiger partial charge in [0.25, 0.3) is 0 Å². The van der Waals surface area contributed by atoms with Crippen molar-refractivity contribution in [2.75, 3.05) is 12.4 Å². The summed E-state index contributed by atoms with van der Waals surface area (Å²) in [5.41, 5.74) is 3.44. The van der Waals surface area contributed by atoms with E-state index < -0.39 is 0 Å². The van der Waals surface area contributed by atoms with Gasteiger partial charge in [-0.3, -0.25) is 4.57 Å². The zero-order valence-electron chi connectivity index (χ0n) is 17.2. The molecule has 0 bridgehead atoms. The molecule has 0 fully saturated rings. The third-order valence-electron chi connectivity index (χ3n) is 5.22. The summed E-state index contributed by atoms with van der Waals surface area (Å²) in [6, 6.07) is 14.0. The Labute approximate surface area is 181 Å². The molecule has 0 atom stereocenters. The number of nitrogens with zero attached hydrogens (tertiary/aromatic N) is 2. The summed E-state index contributed by atoms with van der Waals surface area (Å²) in [5, 5.41) is 0.880. The zero-order chi connectivity index (χ0) is 21.1. The van der Waals surface area contributed by atoms with E-state index in [1.807, 2.05) is 30.3 Å². The molecule has 4 rings (SSSR count). The van der Waals surface area contributed by atoms with Crippen molar-refractivity contribution in [2.24, 2.45) is 0 Å². The number of terminal acetylenes is 1. The van der Waals surface area contributed by atoms with Crippen LogP contribution in [0.15, 0.2) is 58.2 Å². The molecule has 0 saturated heterocycles. The Balaban J connectivity index is 1.87. The number of benzene rings is 2. The molecular formula is C25H24N2O2S. The Morgan fingerprint density at radius 1 is 1.23 bits per heavy atom. The van der Waals surface area contributed by atoms with Crippen LogP contribution in [0.3, 0.4) is 0 Å². The van der Waals surface area contributed by atoms with Crippen molar-refractivity contribution >= 4 is 22.7 Å². The van der Waals surface area contributed by atoms with Crippen molar-refractivity contribution < 1.29 is 4.74 Å². The molecule has 0 amide bonds. The number of fused-ring (bicyclic) bond motifs is 1. The highest BCUT2D eigenvalue weighted by Gasteiger charge is 2.16. The first kappa shape index (κ1) is 20.3. The van der Waals surface area contributed by atoms with Gasteiger partial charge in [-0.05, 0) is 36.1 Å². The third kappa shape index (κ3) is 4.15. The van der Waals surface area contributed by atoms with Crippen molar-refractivity contribution in [1.82, 2.24) is 9.55 Å². The molecule has 2 aromatic carbocycles. The van der Waals surface area contributed by atoms with E-state index in [1.54, 1.807) is 16.3 Å². The van der Waals surface area contributed by atoms with Gasteiger partial charge < -0.3 is 4.74 Å². The van der Waals surface area contributed by atoms with Gasteiger partial charge >= 0.3 is 5.69 Å². The number of hydrogen-bond acceptors (Lipinski definition) is 4. The van der Waals surface area contributed by atoms with Crippen LogP contribution in [0.25, 0.3) is 22.2 Å². The molecule has 2 heterocycles. The van der Waals surface area contributed by atoms with Gasteiger partial charge in [-0.25, -0.2) is 4.79 Å². The maximum atomic E-state index is 13.0. The van der Waals surface area contributed by atoms with Crippen molar-refractivity contribution in [3.8, 4) is 29.4 Å². The van der Waals surface area contributed by atoms with Crippen LogP contribution in [0.4, 0.5) is 0 Å². The summed E-state index contributed by atoms with van der Waals surface area (Å²) in [6.07, 6.45) is 8.59. The van der Waals surface area contributed by atoms with E-state index in [2.05, 4.69) is 43.0 Å². The summed E-state index contributed by atoms with van der Waals surface area (Å²) >= 11 is 1.80. The second-order valence-corrected chi connectivity index (χ2v) is 8.81. The van der Waals surface area contributed by atoms with E-state index in [0.717, 1.165) is 28.6 Å². The van der Waals surface area contributed by atoms with Crippen molar-refractivity contribution in [1.29, 1.82) is 0 Å². The lowest BCUT2D eigenvalue weighted by atomic mass is 9.99. The summed E-state index contributed by atoms with van der Waals surface area (Å²) < 4.78 is 7.39. The smallest absolute Gasteiger partial charge is 0.348 e. The lowest BCUT2D eigenvalue weighted by Crippen LogP contribution is -2.24. The normalized spacial score (nSPS) is 13.5. The maximum Gasteiger partial charge on any atom is 0.348 e. The number of allylic oxidation sites excluding steroid dienone is 2. The molecule has 0 saturated carbocycles. The minimum Gasteiger partial charge on any atom is -0.481 e. The SMILES string of the molecule is C#CCOc1ccc2c(c1)c(-c1ccc(C(C)C)cc1)nc(=O)n2CC1=CCCS1. The maximum absolute atomic E-state index is 13.0. The van der Waals surface area contributed by atoms with Crippen LogP contribution in [0.2, 0.25) is 0 Å². The molecule has 30 heavy (non-hydrogen) atoms. The molecule has 5 heteroatoms. The average Bonchev–Trinajstić information content (AvgIpc) is 3.27. The van der Waals surface area contributed by atoms with Crippen LogP contribution >= 0.6 is 11.8 Å². The number of aromatic nitrogens is 2. The third-order valence-corrected chi connectivity index (χ3v) is 6.32. The van der Waals surface area contributed by atoms with Crippen LogP contribution in [0.1, 0.15) is 31.7 Å². The van der Waals surface area contributed by atoms with Gasteiger partial charge in [-0.1, -0.05) is 50.1 Å². The molecule has 1 aliphatic heterocycles. The summed E-state index contributed by atoms with van der Waals surface area (Å²) in [7, 11) is 0. The largest absolute Gasteiger partial charge is 0.481 e. The molecule has 0 aliphatic carbocycles. The Morgan fingerprint density at radius 3 is 2.70 bits per heavy atom. The van der Waals surface area contributed by atoms with Gasteiger partial charge in [0.05, 0.1) is 17.8 Å². The fourth-order valence-electron chi connectivity index (χ4n) is 3.61. The van der Waals surface area contributed by atoms with Gasteiger partial charge in [0.1, 0.15) is 12.4 Å². The second kappa shape index (κ2) is 8.81. The fraction of sp³-hybridized carbons (Fsp3) is 0.280. The molecule has 4 nitrogen and oxygen atoms in total. The predicted molar refractivity (Wildman–Crippen MR) is 125 cm³/mol. The van der Waals surface area contributed by atoms with Crippen LogP contribution in [0.5, 0.6) is 5.75 Å². The molecule has 0 spiro atoms. The summed E-state index contributed by atoms with van der Waals surface area (Å²) in [6.45, 7) is 5.06. The Morgan fingerprint density at radius 2 is 2.03 bits per heavy atom. The fourth-order valence-corrected chi connectivity index (χ4v) is 4.56. The van der Waals surface area contributed by atoms with Crippen molar-refractivity contribution in [3.63, 3.8) is 0 Å². The molecule has 0 radical (unpaired) electrons. The van der Waals surface area contributed by atoms with Gasteiger partial charge in [0.15, 0.2) is 0 Å². The van der Waals surface area contributed by atoms with E-state index in [-0.39, 0.29) is 12.3 Å². The van der Waals surface area contributed by atoms with Crippen LogP contribution in [-0.2, 0) is 6.54 Å². The first-order valence-electron chi connectivity index (χ1n) is 10.1. The number of hydrogen-bond donors (Lipinski definition) is 0. The first-order valence-corrected chi connectivity index (χ1v) is 11.1. The van der Waals surface area contributed by atoms with Gasteiger partial charge in [-0.15, -0.1) is 18.2 Å². The molecule has 152 valence electrons. The standard InChI is InChI=1S/C25H24N2O2S/c1-4-13-29-20-11-12-23-22(15-20)24(19-9-7-18(8-10-19)17(2)3)26-25(28)27(23)16-21-6-5-14-30-21/h1,6-12,15,17H,5,13-14,16H2,2-3H3. The highest BCUT2D eigenvalue weighted by atomic mass is 32.2. The summed E-state index contributed by atoms with van der Waals surface area (Å²) in [4.78, 5) is 18.7. The number of thioether (sulfide) groups is 1. The lowest BCUT2D eigenvalue weighted by Gasteiger charge is -2.15. The number of rotatable bonds is 6. The van der Waals surface area contributed by atoms with E-state index in [0.29, 0.717) is 23.9 Å². The van der Waals surface area contributed by atoms with Crippen LogP contribution in [0, 0.1) is 12.3 Å². The van der Waals surface area contributed by atoms with E-state index in [9.17, 15) is 4.79 Å². The molecule has 0 unspecified atom stereocenters. The van der Waals surface area contributed by atoms with E-state index >= 15 is 0 Å². The first-order chi connectivity index (χ1) is 14.6. The Hall–Kier alpha value is -2.97. The Kier molecular flexibility index (Phi) is 5.96. The zero-order valence-corrected chi connectivity index (χ0v) is 18.0. The van der Waals surface area contributed by atoms with E-state index in [4.69, 9.17) is 11.2 Å². The van der Waals surface area contributed by atoms with Gasteiger partial charge in [0, 0.05) is 21.6 Å². The van der Waals surface area contributed by atoms with Crippen molar-refractivity contribution in [3.05, 3.63) is 69.5 Å². The average molecular weight is 417 g/mol.